The molecule has 110 valence electrons. The lowest BCUT2D eigenvalue weighted by Gasteiger charge is -2.22. The van der Waals surface area contributed by atoms with Gasteiger partial charge >= 0.3 is 5.97 Å². The number of carbonyl (C=O) groups excluding carboxylic acids is 1. The summed E-state index contributed by atoms with van der Waals surface area (Å²) in [5.41, 5.74) is 8.67. The Bertz CT molecular complexity index is 459. The number of aryl methyl sites for hydroxylation is 1. The molecule has 0 aliphatic heterocycles. The van der Waals surface area contributed by atoms with Gasteiger partial charge in [-0.05, 0) is 55.9 Å². The molecular weight excluding hydrogens is 254 g/mol. The highest BCUT2D eigenvalue weighted by atomic mass is 16.5. The molecule has 20 heavy (non-hydrogen) atoms. The number of nitrogens with two attached hydrogens (primary N) is 1. The molecule has 0 fully saturated rings. The van der Waals surface area contributed by atoms with Crippen LogP contribution in [0.25, 0.3) is 0 Å². The monoisotopic (exact) mass is 277 g/mol. The molecule has 4 heteroatoms. The first-order chi connectivity index (χ1) is 9.69. The first kappa shape index (κ1) is 14.9. The van der Waals surface area contributed by atoms with E-state index in [1.54, 1.807) is 0 Å². The summed E-state index contributed by atoms with van der Waals surface area (Å²) in [6, 6.07) is 6.47. The van der Waals surface area contributed by atoms with Gasteiger partial charge in [-0.1, -0.05) is 6.07 Å². The molecule has 0 heterocycles. The summed E-state index contributed by atoms with van der Waals surface area (Å²) in [4.78, 5) is 11.2. The fourth-order valence-corrected chi connectivity index (χ4v) is 2.49. The average Bonchev–Trinajstić information content (AvgIpc) is 2.43. The lowest BCUT2D eigenvalue weighted by Crippen LogP contribution is -2.27. The van der Waals surface area contributed by atoms with E-state index in [1.807, 2.05) is 13.0 Å². The van der Waals surface area contributed by atoms with E-state index in [1.165, 1.54) is 11.1 Å². The normalized spacial score (nSPS) is 17.4. The Kier molecular flexibility index (Phi) is 5.41. The standard InChI is InChI=1S/C16H23NO3/c1-2-19-16(18)4-3-9-20-15-8-6-12-5-7-14(17)10-13(12)11-15/h6,8,11,14H,2-5,7,9-10,17H2,1H3. The number of fused-ring (bicyclic) bond motifs is 1. The third-order valence-electron chi connectivity index (χ3n) is 3.54. The van der Waals surface area contributed by atoms with Gasteiger partial charge in [-0.25, -0.2) is 0 Å². The van der Waals surface area contributed by atoms with Crippen LogP contribution in [0.2, 0.25) is 0 Å². The minimum Gasteiger partial charge on any atom is -0.494 e. The van der Waals surface area contributed by atoms with E-state index in [4.69, 9.17) is 15.2 Å². The largest absolute Gasteiger partial charge is 0.494 e. The highest BCUT2D eigenvalue weighted by Crippen LogP contribution is 2.25. The molecule has 1 aromatic carbocycles. The van der Waals surface area contributed by atoms with Crippen molar-refractivity contribution in [2.24, 2.45) is 5.73 Å². The van der Waals surface area contributed by atoms with Crippen LogP contribution in [0.15, 0.2) is 18.2 Å². The van der Waals surface area contributed by atoms with Gasteiger partial charge in [-0.3, -0.25) is 4.79 Å². The van der Waals surface area contributed by atoms with E-state index in [2.05, 4.69) is 12.1 Å². The summed E-state index contributed by atoms with van der Waals surface area (Å²) >= 11 is 0. The average molecular weight is 277 g/mol. The van der Waals surface area contributed by atoms with E-state index in [0.717, 1.165) is 25.0 Å². The molecule has 0 radical (unpaired) electrons. The second-order valence-electron chi connectivity index (χ2n) is 5.19. The van der Waals surface area contributed by atoms with Crippen LogP contribution in [0.1, 0.15) is 37.3 Å². The number of hydrogen-bond donors (Lipinski definition) is 1. The topological polar surface area (TPSA) is 61.5 Å². The van der Waals surface area contributed by atoms with Crippen molar-refractivity contribution in [2.45, 2.75) is 45.1 Å². The molecule has 0 saturated heterocycles. The molecule has 0 saturated carbocycles. The van der Waals surface area contributed by atoms with Gasteiger partial charge in [0, 0.05) is 12.5 Å². The van der Waals surface area contributed by atoms with Gasteiger partial charge in [0.15, 0.2) is 0 Å². The number of hydrogen-bond acceptors (Lipinski definition) is 4. The van der Waals surface area contributed by atoms with E-state index in [0.29, 0.717) is 26.1 Å². The van der Waals surface area contributed by atoms with Crippen LogP contribution >= 0.6 is 0 Å². The number of rotatable bonds is 6. The Labute approximate surface area is 120 Å². The number of esters is 1. The third kappa shape index (κ3) is 4.23. The fraction of sp³-hybridized carbons (Fsp3) is 0.562. The van der Waals surface area contributed by atoms with Crippen molar-refractivity contribution < 1.29 is 14.3 Å². The fourth-order valence-electron chi connectivity index (χ4n) is 2.49. The maximum absolute atomic E-state index is 11.2. The SMILES string of the molecule is CCOC(=O)CCCOc1ccc2c(c1)CC(N)CC2. The summed E-state index contributed by atoms with van der Waals surface area (Å²) in [7, 11) is 0. The molecule has 0 amide bonds. The minimum absolute atomic E-state index is 0.160. The summed E-state index contributed by atoms with van der Waals surface area (Å²) in [5.74, 6) is 0.703. The Balaban J connectivity index is 1.79. The molecule has 1 atom stereocenters. The Morgan fingerprint density at radius 3 is 3.05 bits per heavy atom. The van der Waals surface area contributed by atoms with Crippen molar-refractivity contribution in [2.75, 3.05) is 13.2 Å². The van der Waals surface area contributed by atoms with Crippen molar-refractivity contribution in [1.29, 1.82) is 0 Å². The van der Waals surface area contributed by atoms with Crippen molar-refractivity contribution in [3.05, 3.63) is 29.3 Å². The number of carbonyl (C=O) groups is 1. The molecule has 2 rings (SSSR count). The molecule has 1 aromatic rings. The van der Waals surface area contributed by atoms with Crippen LogP contribution in [0.5, 0.6) is 5.75 Å². The minimum atomic E-state index is -0.160. The van der Waals surface area contributed by atoms with Crippen molar-refractivity contribution in [3.63, 3.8) is 0 Å². The van der Waals surface area contributed by atoms with Crippen LogP contribution in [-0.2, 0) is 22.4 Å². The van der Waals surface area contributed by atoms with E-state index in [-0.39, 0.29) is 12.0 Å². The zero-order valence-corrected chi connectivity index (χ0v) is 12.1. The van der Waals surface area contributed by atoms with Gasteiger partial charge in [0.1, 0.15) is 5.75 Å². The lowest BCUT2D eigenvalue weighted by atomic mass is 9.89. The van der Waals surface area contributed by atoms with Gasteiger partial charge in [0.25, 0.3) is 0 Å². The maximum atomic E-state index is 11.2. The molecule has 1 aliphatic rings. The second kappa shape index (κ2) is 7.29. The summed E-state index contributed by atoms with van der Waals surface area (Å²) in [6.45, 7) is 2.78. The van der Waals surface area contributed by atoms with Gasteiger partial charge in [0.2, 0.25) is 0 Å². The zero-order valence-electron chi connectivity index (χ0n) is 12.1. The van der Waals surface area contributed by atoms with Crippen LogP contribution < -0.4 is 10.5 Å². The van der Waals surface area contributed by atoms with E-state index >= 15 is 0 Å². The third-order valence-corrected chi connectivity index (χ3v) is 3.54. The first-order valence-corrected chi connectivity index (χ1v) is 7.35. The van der Waals surface area contributed by atoms with Crippen LogP contribution in [0.4, 0.5) is 0 Å². The first-order valence-electron chi connectivity index (χ1n) is 7.35. The molecule has 4 nitrogen and oxygen atoms in total. The number of ether oxygens (including phenoxy) is 2. The van der Waals surface area contributed by atoms with Crippen LogP contribution in [0, 0.1) is 0 Å². The maximum Gasteiger partial charge on any atom is 0.305 e. The van der Waals surface area contributed by atoms with Crippen molar-refractivity contribution in [1.82, 2.24) is 0 Å². The lowest BCUT2D eigenvalue weighted by molar-refractivity contribution is -0.143. The van der Waals surface area contributed by atoms with Crippen molar-refractivity contribution >= 4 is 5.97 Å². The van der Waals surface area contributed by atoms with Crippen LogP contribution in [-0.4, -0.2) is 25.2 Å². The van der Waals surface area contributed by atoms with Gasteiger partial charge in [-0.2, -0.15) is 0 Å². The molecular formula is C16H23NO3. The van der Waals surface area contributed by atoms with Crippen molar-refractivity contribution in [3.8, 4) is 5.75 Å². The molecule has 2 N–H and O–H groups in total. The molecule has 0 bridgehead atoms. The van der Waals surface area contributed by atoms with E-state index < -0.39 is 0 Å². The predicted molar refractivity (Wildman–Crippen MR) is 77.8 cm³/mol. The summed E-state index contributed by atoms with van der Waals surface area (Å²) < 4.78 is 10.6. The molecule has 0 spiro atoms. The van der Waals surface area contributed by atoms with Gasteiger partial charge < -0.3 is 15.2 Å². The van der Waals surface area contributed by atoms with Gasteiger partial charge in [-0.15, -0.1) is 0 Å². The molecule has 1 aliphatic carbocycles. The van der Waals surface area contributed by atoms with E-state index in [9.17, 15) is 4.79 Å². The zero-order chi connectivity index (χ0) is 14.4. The summed E-state index contributed by atoms with van der Waals surface area (Å²) in [5, 5.41) is 0. The Hall–Kier alpha value is -1.55. The quantitative estimate of drug-likeness (QED) is 0.640. The molecule has 1 unspecified atom stereocenters. The Morgan fingerprint density at radius 1 is 1.40 bits per heavy atom. The van der Waals surface area contributed by atoms with Gasteiger partial charge in [0.05, 0.1) is 13.2 Å². The summed E-state index contributed by atoms with van der Waals surface area (Å²) in [6.07, 6.45) is 4.13. The second-order valence-corrected chi connectivity index (χ2v) is 5.19. The number of benzene rings is 1. The van der Waals surface area contributed by atoms with Crippen LogP contribution in [0.3, 0.4) is 0 Å². The predicted octanol–water partition coefficient (Wildman–Crippen LogP) is 2.22. The highest BCUT2D eigenvalue weighted by molar-refractivity contribution is 5.69. The Morgan fingerprint density at radius 2 is 2.25 bits per heavy atom. The highest BCUT2D eigenvalue weighted by Gasteiger charge is 2.15. The smallest absolute Gasteiger partial charge is 0.305 e. The molecule has 0 aromatic heterocycles.